The molecule has 0 aliphatic rings. The standard InChI is InChI=1S/BH3.Eu.Lu.Y/h1H3;;;. The fraction of sp³-hybridized carbons (Fsp3) is 0. The Kier molecular flexibility index (Phi) is 96.6. The van der Waals surface area contributed by atoms with E-state index in [4.69, 9.17) is 0 Å². The molecule has 0 N–H and O–H groups in total. The largest absolute Gasteiger partial charge is 0.0814 e. The van der Waals surface area contributed by atoms with Gasteiger partial charge in [0.1, 0.15) is 0 Å². The predicted molar refractivity (Wildman–Crippen MR) is 9.94 cm³/mol. The summed E-state index contributed by atoms with van der Waals surface area (Å²) in [7, 11) is 0. The van der Waals surface area contributed by atoms with Gasteiger partial charge in [0.2, 0.25) is 0 Å². The van der Waals surface area contributed by atoms with Crippen LogP contribution in [0.5, 0.6) is 0 Å². The molecule has 0 saturated carbocycles. The van der Waals surface area contributed by atoms with E-state index in [2.05, 4.69) is 0 Å². The second-order valence-corrected chi connectivity index (χ2v) is 0. The summed E-state index contributed by atoms with van der Waals surface area (Å²) >= 11 is 0. The fourth-order valence-corrected chi connectivity index (χ4v) is 0. The maximum absolute atomic E-state index is 0. The fourth-order valence-electron chi connectivity index (χ4n) is 0. The Balaban J connectivity index is 0. The van der Waals surface area contributed by atoms with Crippen LogP contribution in [0.15, 0.2) is 0 Å². The van der Waals surface area contributed by atoms with Gasteiger partial charge in [0.05, 0.1) is 8.41 Å². The summed E-state index contributed by atoms with van der Waals surface area (Å²) in [6.07, 6.45) is 0. The van der Waals surface area contributed by atoms with Crippen LogP contribution in [0.4, 0.5) is 0 Å². The van der Waals surface area contributed by atoms with E-state index in [1.165, 1.54) is 0 Å². The summed E-state index contributed by atoms with van der Waals surface area (Å²) < 4.78 is 0. The van der Waals surface area contributed by atoms with Crippen molar-refractivity contribution in [2.45, 2.75) is 0 Å². The van der Waals surface area contributed by atoms with Crippen molar-refractivity contribution < 1.29 is 119 Å². The van der Waals surface area contributed by atoms with Crippen LogP contribution in [0.1, 0.15) is 0 Å². The molecule has 0 bridgehead atoms. The zero-order valence-electron chi connectivity index (χ0n) is 1.21. The van der Waals surface area contributed by atoms with Gasteiger partial charge in [0.15, 0.2) is 0 Å². The van der Waals surface area contributed by atoms with Crippen molar-refractivity contribution in [2.24, 2.45) is 0 Å². The van der Waals surface area contributed by atoms with E-state index in [0.29, 0.717) is 0 Å². The molecule has 0 aromatic rings. The second kappa shape index (κ2) is 15.8. The second-order valence-electron chi connectivity index (χ2n) is 0. The average Bonchev–Trinajstić information content (AvgIpc) is 0. The van der Waals surface area contributed by atoms with Crippen LogP contribution in [0.3, 0.4) is 0 Å². The van der Waals surface area contributed by atoms with Crippen molar-refractivity contribution in [3.8, 4) is 0 Å². The minimum absolute atomic E-state index is 0. The first-order valence-corrected chi connectivity index (χ1v) is 0. The molecule has 0 rings (SSSR count). The predicted octanol–water partition coefficient (Wildman–Crippen LogP) is -1.19. The molecule has 0 aliphatic heterocycles. The first-order valence-electron chi connectivity index (χ1n) is 0. The van der Waals surface area contributed by atoms with E-state index in [1.807, 2.05) is 0 Å². The van der Waals surface area contributed by atoms with E-state index >= 15 is 0 Å². The normalized spacial score (nSPS) is 0. The van der Waals surface area contributed by atoms with Gasteiger partial charge in [-0.25, -0.2) is 0 Å². The minimum atomic E-state index is 0. The monoisotopic (exact) mass is 431 g/mol. The van der Waals surface area contributed by atoms with Gasteiger partial charge in [-0.15, -0.1) is 0 Å². The van der Waals surface area contributed by atoms with Crippen molar-refractivity contribution in [3.63, 3.8) is 0 Å². The first kappa shape index (κ1) is 24.5. The molecular weight excluding hydrogens is 427 g/mol. The van der Waals surface area contributed by atoms with Gasteiger partial charge < -0.3 is 0 Å². The summed E-state index contributed by atoms with van der Waals surface area (Å²) in [5, 5.41) is 0. The summed E-state index contributed by atoms with van der Waals surface area (Å²) in [6, 6.07) is 0. The van der Waals surface area contributed by atoms with E-state index in [-0.39, 0.29) is 127 Å². The molecule has 0 spiro atoms. The molecule has 0 heterocycles. The number of hydrogen-bond acceptors (Lipinski definition) is 0. The maximum Gasteiger partial charge on any atom is 0.0814 e. The van der Waals surface area contributed by atoms with Crippen LogP contribution in [0, 0.1) is 86.3 Å². The van der Waals surface area contributed by atoms with Crippen molar-refractivity contribution in [3.05, 3.63) is 0 Å². The van der Waals surface area contributed by atoms with Crippen molar-refractivity contribution in [1.29, 1.82) is 0 Å². The first-order chi connectivity index (χ1) is 0. The van der Waals surface area contributed by atoms with Crippen molar-refractivity contribution in [1.82, 2.24) is 0 Å². The molecule has 4 heavy (non-hydrogen) atoms. The molecule has 0 aromatic heterocycles. The molecule has 31 valence electrons. The summed E-state index contributed by atoms with van der Waals surface area (Å²) in [4.78, 5) is 0. The third kappa shape index (κ3) is 9.37. The number of rotatable bonds is 0. The quantitative estimate of drug-likeness (QED) is 0.425. The minimum Gasteiger partial charge on any atom is 0 e. The van der Waals surface area contributed by atoms with Crippen LogP contribution >= 0.6 is 0 Å². The summed E-state index contributed by atoms with van der Waals surface area (Å²) in [6.45, 7) is 0. The van der Waals surface area contributed by atoms with Gasteiger partial charge >= 0.3 is 0 Å². The van der Waals surface area contributed by atoms with Gasteiger partial charge in [-0.2, -0.15) is 0 Å². The van der Waals surface area contributed by atoms with E-state index in [1.54, 1.807) is 0 Å². The SMILES string of the molecule is B.[Eu].[Lu].[Y]. The third-order valence-corrected chi connectivity index (χ3v) is 0. The van der Waals surface area contributed by atoms with Crippen LogP contribution in [0.25, 0.3) is 0 Å². The zero-order chi connectivity index (χ0) is 0. The van der Waals surface area contributed by atoms with Gasteiger partial charge in [0.25, 0.3) is 0 Å². The van der Waals surface area contributed by atoms with Gasteiger partial charge in [-0.05, 0) is 0 Å². The van der Waals surface area contributed by atoms with Crippen molar-refractivity contribution in [2.75, 3.05) is 0 Å². The molecule has 0 aromatic carbocycles. The van der Waals surface area contributed by atoms with Gasteiger partial charge in [0, 0.05) is 119 Å². The zero-order valence-corrected chi connectivity index (χ0v) is 8.13. The molecule has 0 nitrogen and oxygen atoms in total. The molecular formula is H3BEuLuY. The Morgan fingerprint density at radius 1 is 1.00 bits per heavy atom. The van der Waals surface area contributed by atoms with E-state index in [0.717, 1.165) is 0 Å². The molecule has 0 unspecified atom stereocenters. The molecule has 0 atom stereocenters. The van der Waals surface area contributed by atoms with E-state index in [9.17, 15) is 0 Å². The topological polar surface area (TPSA) is 0 Å². The summed E-state index contributed by atoms with van der Waals surface area (Å²) in [5.41, 5.74) is 0. The third-order valence-electron chi connectivity index (χ3n) is 0. The van der Waals surface area contributed by atoms with Gasteiger partial charge in [-0.3, -0.25) is 0 Å². The smallest absolute Gasteiger partial charge is 0 e. The van der Waals surface area contributed by atoms with Crippen molar-refractivity contribution >= 4 is 8.41 Å². The van der Waals surface area contributed by atoms with Crippen LogP contribution < -0.4 is 0 Å². The molecule has 3 radical (unpaired) electrons. The molecule has 4 heteroatoms. The molecule has 0 fully saturated rings. The Labute approximate surface area is 123 Å². The Hall–Kier alpha value is 3.99. The maximum atomic E-state index is 0. The Morgan fingerprint density at radius 2 is 1.00 bits per heavy atom. The Morgan fingerprint density at radius 3 is 1.00 bits per heavy atom. The average molecular weight is 430 g/mol. The van der Waals surface area contributed by atoms with E-state index < -0.39 is 0 Å². The number of hydrogen-bond donors (Lipinski definition) is 0. The van der Waals surface area contributed by atoms with Crippen LogP contribution in [-0.4, -0.2) is 8.41 Å². The van der Waals surface area contributed by atoms with Crippen LogP contribution in [0.2, 0.25) is 0 Å². The Bertz CT molecular complexity index is 8.00. The molecule has 0 saturated heterocycles. The van der Waals surface area contributed by atoms with Gasteiger partial charge in [-0.1, -0.05) is 0 Å². The molecule has 0 aliphatic carbocycles. The van der Waals surface area contributed by atoms with Crippen LogP contribution in [-0.2, 0) is 32.7 Å². The summed E-state index contributed by atoms with van der Waals surface area (Å²) in [5.74, 6) is 0. The molecule has 0 amide bonds.